The highest BCUT2D eigenvalue weighted by molar-refractivity contribution is 9.10. The molecule has 0 aliphatic carbocycles. The lowest BCUT2D eigenvalue weighted by molar-refractivity contribution is -0.141. The zero-order chi connectivity index (χ0) is 17.6. The van der Waals surface area contributed by atoms with Gasteiger partial charge in [-0.05, 0) is 24.6 Å². The molecule has 0 aliphatic rings. The summed E-state index contributed by atoms with van der Waals surface area (Å²) in [6.07, 6.45) is -0.294. The fraction of sp³-hybridized carbons (Fsp3) is 0.500. The Bertz CT molecular complexity index is 535. The summed E-state index contributed by atoms with van der Waals surface area (Å²) < 4.78 is 6.46. The van der Waals surface area contributed by atoms with Crippen LogP contribution in [0.4, 0.5) is 4.79 Å². The van der Waals surface area contributed by atoms with Gasteiger partial charge in [0, 0.05) is 25.2 Å². The summed E-state index contributed by atoms with van der Waals surface area (Å²) in [5.74, 6) is -1.55. The average Bonchev–Trinajstić information content (AvgIpc) is 2.49. The Morgan fingerprint density at radius 1 is 1.30 bits per heavy atom. The molecule has 0 spiro atoms. The third-order valence-corrected chi connectivity index (χ3v) is 4.10. The molecule has 0 saturated heterocycles. The van der Waals surface area contributed by atoms with Gasteiger partial charge in [0.1, 0.15) is 6.10 Å². The average molecular weight is 387 g/mol. The first-order chi connectivity index (χ1) is 10.8. The molecule has 0 radical (unpaired) electrons. The highest BCUT2D eigenvalue weighted by atomic mass is 79.9. The van der Waals surface area contributed by atoms with Crippen molar-refractivity contribution in [2.75, 3.05) is 20.7 Å². The number of aliphatic carboxylic acids is 1. The normalized spacial score (nSPS) is 14.7. The molecule has 0 fully saturated rings. The first-order valence-corrected chi connectivity index (χ1v) is 8.08. The second-order valence-corrected chi connectivity index (χ2v) is 6.48. The summed E-state index contributed by atoms with van der Waals surface area (Å²) in [6, 6.07) is 7.09. The van der Waals surface area contributed by atoms with Crippen LogP contribution < -0.4 is 5.32 Å². The Kier molecular flexibility index (Phi) is 7.51. The molecule has 0 heterocycles. The Hall–Kier alpha value is -1.60. The van der Waals surface area contributed by atoms with Crippen LogP contribution in [0.2, 0.25) is 0 Å². The van der Waals surface area contributed by atoms with Crippen molar-refractivity contribution < 1.29 is 19.4 Å². The number of halogens is 1. The SMILES string of the molecule is COC(c1ccc(Br)cc1)C(C)NC(=O)N(C)CC(C)C(=O)O. The first-order valence-electron chi connectivity index (χ1n) is 7.29. The third-order valence-electron chi connectivity index (χ3n) is 3.57. The third kappa shape index (κ3) is 5.84. The lowest BCUT2D eigenvalue weighted by Crippen LogP contribution is -2.46. The maximum atomic E-state index is 12.2. The number of hydrogen-bond donors (Lipinski definition) is 2. The van der Waals surface area contributed by atoms with Gasteiger partial charge in [-0.3, -0.25) is 4.79 Å². The molecular formula is C16H23BrN2O4. The van der Waals surface area contributed by atoms with Crippen molar-refractivity contribution in [1.82, 2.24) is 10.2 Å². The second kappa shape index (κ2) is 8.88. The number of carbonyl (C=O) groups is 2. The topological polar surface area (TPSA) is 78.9 Å². The van der Waals surface area contributed by atoms with E-state index >= 15 is 0 Å². The molecule has 3 unspecified atom stereocenters. The maximum absolute atomic E-state index is 12.2. The number of nitrogens with zero attached hydrogens (tertiary/aromatic N) is 1. The largest absolute Gasteiger partial charge is 0.481 e. The Balaban J connectivity index is 2.68. The standard InChI is InChI=1S/C16H23BrN2O4/c1-10(15(20)21)9-19(3)16(22)18-11(2)14(23-4)12-5-7-13(17)8-6-12/h5-8,10-11,14H,9H2,1-4H3,(H,18,22)(H,20,21). The summed E-state index contributed by atoms with van der Waals surface area (Å²) >= 11 is 3.38. The molecule has 0 aromatic heterocycles. The van der Waals surface area contributed by atoms with E-state index in [1.54, 1.807) is 21.1 Å². The zero-order valence-corrected chi connectivity index (χ0v) is 15.3. The van der Waals surface area contributed by atoms with Crippen molar-refractivity contribution in [2.45, 2.75) is 26.0 Å². The lowest BCUT2D eigenvalue weighted by Gasteiger charge is -2.27. The van der Waals surface area contributed by atoms with Crippen LogP contribution in [0.15, 0.2) is 28.7 Å². The fourth-order valence-electron chi connectivity index (χ4n) is 2.23. The van der Waals surface area contributed by atoms with Crippen LogP contribution in [0.25, 0.3) is 0 Å². The summed E-state index contributed by atoms with van der Waals surface area (Å²) in [6.45, 7) is 3.56. The molecule has 128 valence electrons. The molecule has 3 atom stereocenters. The van der Waals surface area contributed by atoms with Gasteiger partial charge in [0.2, 0.25) is 0 Å². The van der Waals surface area contributed by atoms with Crippen molar-refractivity contribution in [1.29, 1.82) is 0 Å². The molecule has 0 aliphatic heterocycles. The number of amides is 2. The number of benzene rings is 1. The van der Waals surface area contributed by atoms with Crippen molar-refractivity contribution in [3.05, 3.63) is 34.3 Å². The quantitative estimate of drug-likeness (QED) is 0.754. The van der Waals surface area contributed by atoms with Crippen LogP contribution in [0.3, 0.4) is 0 Å². The van der Waals surface area contributed by atoms with Crippen LogP contribution >= 0.6 is 15.9 Å². The van der Waals surface area contributed by atoms with E-state index in [0.717, 1.165) is 10.0 Å². The predicted octanol–water partition coefficient (Wildman–Crippen LogP) is 2.89. The predicted molar refractivity (Wildman–Crippen MR) is 91.3 cm³/mol. The van der Waals surface area contributed by atoms with E-state index in [0.29, 0.717) is 0 Å². The van der Waals surface area contributed by atoms with Gasteiger partial charge in [-0.25, -0.2) is 4.79 Å². The second-order valence-electron chi connectivity index (χ2n) is 5.57. The number of rotatable bonds is 7. The van der Waals surface area contributed by atoms with E-state index < -0.39 is 11.9 Å². The Labute approximate surface area is 144 Å². The lowest BCUT2D eigenvalue weighted by atomic mass is 10.0. The van der Waals surface area contributed by atoms with Crippen molar-refractivity contribution in [3.8, 4) is 0 Å². The fourth-order valence-corrected chi connectivity index (χ4v) is 2.50. The molecule has 2 N–H and O–H groups in total. The van der Waals surface area contributed by atoms with E-state index in [2.05, 4.69) is 21.2 Å². The van der Waals surface area contributed by atoms with Gasteiger partial charge in [0.25, 0.3) is 0 Å². The molecular weight excluding hydrogens is 364 g/mol. The maximum Gasteiger partial charge on any atom is 0.317 e. The molecule has 2 amide bonds. The van der Waals surface area contributed by atoms with E-state index in [1.807, 2.05) is 31.2 Å². The van der Waals surface area contributed by atoms with Crippen LogP contribution in [0.1, 0.15) is 25.5 Å². The molecule has 23 heavy (non-hydrogen) atoms. The number of carboxylic acids is 1. The molecule has 0 saturated carbocycles. The molecule has 0 bridgehead atoms. The van der Waals surface area contributed by atoms with E-state index in [4.69, 9.17) is 9.84 Å². The van der Waals surface area contributed by atoms with Gasteiger partial charge < -0.3 is 20.1 Å². The number of carbonyl (C=O) groups excluding carboxylic acids is 1. The van der Waals surface area contributed by atoms with E-state index in [-0.39, 0.29) is 24.7 Å². The van der Waals surface area contributed by atoms with Crippen molar-refractivity contribution in [3.63, 3.8) is 0 Å². The van der Waals surface area contributed by atoms with Crippen LogP contribution in [0.5, 0.6) is 0 Å². The number of urea groups is 1. The van der Waals surface area contributed by atoms with Crippen LogP contribution in [-0.4, -0.2) is 48.8 Å². The van der Waals surface area contributed by atoms with Gasteiger partial charge in [-0.15, -0.1) is 0 Å². The molecule has 1 rings (SSSR count). The smallest absolute Gasteiger partial charge is 0.317 e. The monoisotopic (exact) mass is 386 g/mol. The minimum atomic E-state index is -0.928. The highest BCUT2D eigenvalue weighted by Crippen LogP contribution is 2.22. The Morgan fingerprint density at radius 3 is 2.35 bits per heavy atom. The van der Waals surface area contributed by atoms with Crippen LogP contribution in [0, 0.1) is 5.92 Å². The first kappa shape index (κ1) is 19.4. The van der Waals surface area contributed by atoms with Gasteiger partial charge in [-0.1, -0.05) is 35.0 Å². The summed E-state index contributed by atoms with van der Waals surface area (Å²) in [5.41, 5.74) is 0.949. The number of carboxylic acid groups (broad SMARTS) is 1. The summed E-state index contributed by atoms with van der Waals surface area (Å²) in [4.78, 5) is 24.4. The minimum Gasteiger partial charge on any atom is -0.481 e. The minimum absolute atomic E-state index is 0.143. The number of nitrogens with one attached hydrogen (secondary N) is 1. The van der Waals surface area contributed by atoms with Gasteiger partial charge in [-0.2, -0.15) is 0 Å². The molecule has 1 aromatic rings. The van der Waals surface area contributed by atoms with Gasteiger partial charge in [0.15, 0.2) is 0 Å². The van der Waals surface area contributed by atoms with Crippen molar-refractivity contribution >= 4 is 27.9 Å². The highest BCUT2D eigenvalue weighted by Gasteiger charge is 2.23. The number of methoxy groups -OCH3 is 1. The molecule has 7 heteroatoms. The summed E-state index contributed by atoms with van der Waals surface area (Å²) in [5, 5.41) is 11.8. The number of hydrogen-bond acceptors (Lipinski definition) is 3. The van der Waals surface area contributed by atoms with Crippen LogP contribution in [-0.2, 0) is 9.53 Å². The number of ether oxygens (including phenoxy) is 1. The van der Waals surface area contributed by atoms with Gasteiger partial charge >= 0.3 is 12.0 Å². The van der Waals surface area contributed by atoms with E-state index in [9.17, 15) is 9.59 Å². The Morgan fingerprint density at radius 2 is 1.87 bits per heavy atom. The van der Waals surface area contributed by atoms with E-state index in [1.165, 1.54) is 4.90 Å². The summed E-state index contributed by atoms with van der Waals surface area (Å²) in [7, 11) is 3.16. The molecule has 1 aromatic carbocycles. The van der Waals surface area contributed by atoms with Crippen molar-refractivity contribution in [2.24, 2.45) is 5.92 Å². The van der Waals surface area contributed by atoms with Gasteiger partial charge in [0.05, 0.1) is 12.0 Å². The zero-order valence-electron chi connectivity index (χ0n) is 13.7. The molecule has 6 nitrogen and oxygen atoms in total.